The molecule has 0 aromatic heterocycles. The van der Waals surface area contributed by atoms with Crippen molar-refractivity contribution in [3.63, 3.8) is 0 Å². The molecule has 0 atom stereocenters. The highest BCUT2D eigenvalue weighted by atomic mass is 16.6. The van der Waals surface area contributed by atoms with Gasteiger partial charge in [-0.1, -0.05) is 19.4 Å². The lowest BCUT2D eigenvalue weighted by Gasteiger charge is -2.09. The standard InChI is InChI=1S/C28H47NO9/c1-3-5-10-29-27-8-6-26(7-9-27)28(30)38-25-24-37-23-22-36-21-20-35-19-18-34-17-16-33-15-14-32-13-12-31-11-4-2/h4,6-9,29H,2-3,5,10-25H2,1H3. The van der Waals surface area contributed by atoms with Crippen LogP contribution in [0.3, 0.4) is 0 Å². The third kappa shape index (κ3) is 20.9. The number of rotatable bonds is 28. The molecule has 1 aromatic rings. The highest BCUT2D eigenvalue weighted by Gasteiger charge is 2.06. The number of esters is 1. The first kappa shape index (κ1) is 34.0. The minimum atomic E-state index is -0.356. The number of hydrogen-bond donors (Lipinski definition) is 1. The van der Waals surface area contributed by atoms with Crippen LogP contribution in [0, 0.1) is 0 Å². The third-order valence-corrected chi connectivity index (χ3v) is 4.91. The van der Waals surface area contributed by atoms with Crippen LogP contribution in [0.2, 0.25) is 0 Å². The lowest BCUT2D eigenvalue weighted by atomic mass is 10.2. The summed E-state index contributed by atoms with van der Waals surface area (Å²) in [6, 6.07) is 7.29. The van der Waals surface area contributed by atoms with Gasteiger partial charge in [0.1, 0.15) is 6.61 Å². The van der Waals surface area contributed by atoms with Crippen LogP contribution in [0.1, 0.15) is 30.1 Å². The van der Waals surface area contributed by atoms with Crippen LogP contribution in [0.25, 0.3) is 0 Å². The van der Waals surface area contributed by atoms with Gasteiger partial charge in [0.15, 0.2) is 0 Å². The Morgan fingerprint density at radius 2 is 1.11 bits per heavy atom. The average molecular weight is 542 g/mol. The van der Waals surface area contributed by atoms with Crippen LogP contribution < -0.4 is 5.32 Å². The van der Waals surface area contributed by atoms with Gasteiger partial charge in [0.25, 0.3) is 0 Å². The number of carbonyl (C=O) groups excluding carboxylic acids is 1. The molecule has 0 aliphatic carbocycles. The molecule has 0 fully saturated rings. The SMILES string of the molecule is C=CCOCCOCCOCCOCCOCCOCCOCCOC(=O)c1ccc(NCCCC)cc1. The van der Waals surface area contributed by atoms with E-state index in [0.29, 0.717) is 98.1 Å². The van der Waals surface area contributed by atoms with Crippen LogP contribution >= 0.6 is 0 Å². The molecule has 0 aliphatic rings. The lowest BCUT2D eigenvalue weighted by molar-refractivity contribution is -0.0217. The average Bonchev–Trinajstić information content (AvgIpc) is 2.94. The van der Waals surface area contributed by atoms with E-state index in [-0.39, 0.29) is 12.6 Å². The molecule has 0 saturated heterocycles. The van der Waals surface area contributed by atoms with Crippen molar-refractivity contribution in [2.45, 2.75) is 19.8 Å². The van der Waals surface area contributed by atoms with E-state index in [4.69, 9.17) is 37.9 Å². The molecule has 10 nitrogen and oxygen atoms in total. The third-order valence-electron chi connectivity index (χ3n) is 4.91. The van der Waals surface area contributed by atoms with Gasteiger partial charge in [-0.3, -0.25) is 0 Å². The molecule has 0 bridgehead atoms. The van der Waals surface area contributed by atoms with Crippen LogP contribution in [0.15, 0.2) is 36.9 Å². The zero-order valence-corrected chi connectivity index (χ0v) is 23.0. The first-order valence-electron chi connectivity index (χ1n) is 13.4. The largest absolute Gasteiger partial charge is 0.460 e. The summed E-state index contributed by atoms with van der Waals surface area (Å²) in [5.74, 6) is -0.356. The van der Waals surface area contributed by atoms with Crippen molar-refractivity contribution in [3.8, 4) is 0 Å². The molecular formula is C28H47NO9. The normalized spacial score (nSPS) is 11.0. The highest BCUT2D eigenvalue weighted by Crippen LogP contribution is 2.10. The van der Waals surface area contributed by atoms with Gasteiger partial charge in [0.05, 0.1) is 98.1 Å². The molecule has 0 heterocycles. The van der Waals surface area contributed by atoms with Crippen LogP contribution in [-0.2, 0) is 37.9 Å². The number of benzene rings is 1. The van der Waals surface area contributed by atoms with Crippen molar-refractivity contribution in [1.82, 2.24) is 0 Å². The van der Waals surface area contributed by atoms with Crippen LogP contribution in [-0.4, -0.2) is 112 Å². The maximum Gasteiger partial charge on any atom is 0.338 e. The van der Waals surface area contributed by atoms with Gasteiger partial charge in [-0.05, 0) is 30.7 Å². The van der Waals surface area contributed by atoms with Crippen molar-refractivity contribution in [2.75, 3.05) is 111 Å². The molecule has 0 unspecified atom stereocenters. The maximum absolute atomic E-state index is 12.1. The summed E-state index contributed by atoms with van der Waals surface area (Å²) in [5, 5.41) is 3.31. The minimum absolute atomic E-state index is 0.198. The summed E-state index contributed by atoms with van der Waals surface area (Å²) < 4.78 is 43.0. The van der Waals surface area contributed by atoms with E-state index in [2.05, 4.69) is 18.8 Å². The molecule has 218 valence electrons. The number of nitrogens with one attached hydrogen (secondary N) is 1. The molecule has 10 heteroatoms. The summed E-state index contributed by atoms with van der Waals surface area (Å²) in [6.45, 7) is 13.7. The van der Waals surface area contributed by atoms with E-state index in [0.717, 1.165) is 25.1 Å². The van der Waals surface area contributed by atoms with E-state index in [1.165, 1.54) is 0 Å². The molecule has 38 heavy (non-hydrogen) atoms. The maximum atomic E-state index is 12.1. The smallest absolute Gasteiger partial charge is 0.338 e. The zero-order valence-electron chi connectivity index (χ0n) is 23.0. The summed E-state index contributed by atoms with van der Waals surface area (Å²) in [5.41, 5.74) is 1.52. The number of unbranched alkanes of at least 4 members (excludes halogenated alkanes) is 1. The minimum Gasteiger partial charge on any atom is -0.460 e. The molecular weight excluding hydrogens is 494 g/mol. The Morgan fingerprint density at radius 3 is 1.53 bits per heavy atom. The number of anilines is 1. The van der Waals surface area contributed by atoms with E-state index >= 15 is 0 Å². The molecule has 0 radical (unpaired) electrons. The van der Waals surface area contributed by atoms with Gasteiger partial charge in [-0.25, -0.2) is 4.79 Å². The quantitative estimate of drug-likeness (QED) is 0.0965. The second kappa shape index (κ2) is 26.6. The summed E-state index contributed by atoms with van der Waals surface area (Å²) in [6.07, 6.45) is 3.96. The Balaban J connectivity index is 1.78. The predicted molar refractivity (Wildman–Crippen MR) is 146 cm³/mol. The fourth-order valence-electron chi connectivity index (χ4n) is 2.90. The van der Waals surface area contributed by atoms with E-state index < -0.39 is 0 Å². The Bertz CT molecular complexity index is 673. The summed E-state index contributed by atoms with van der Waals surface area (Å²) in [7, 11) is 0. The van der Waals surface area contributed by atoms with Gasteiger partial charge in [-0.15, -0.1) is 6.58 Å². The van der Waals surface area contributed by atoms with Crippen molar-refractivity contribution in [2.24, 2.45) is 0 Å². The van der Waals surface area contributed by atoms with Crippen molar-refractivity contribution in [3.05, 3.63) is 42.5 Å². The van der Waals surface area contributed by atoms with Crippen LogP contribution in [0.5, 0.6) is 0 Å². The Labute approximate surface area is 227 Å². The number of carbonyl (C=O) groups is 1. The van der Waals surface area contributed by atoms with Crippen molar-refractivity contribution >= 4 is 11.7 Å². The number of ether oxygens (including phenoxy) is 8. The van der Waals surface area contributed by atoms with Gasteiger partial charge >= 0.3 is 5.97 Å². The molecule has 0 saturated carbocycles. The molecule has 0 aliphatic heterocycles. The fourth-order valence-corrected chi connectivity index (χ4v) is 2.90. The second-order valence-electron chi connectivity index (χ2n) is 8.03. The first-order valence-corrected chi connectivity index (χ1v) is 13.4. The molecule has 0 amide bonds. The fraction of sp³-hybridized carbons (Fsp3) is 0.679. The Morgan fingerprint density at radius 1 is 0.684 bits per heavy atom. The molecule has 1 N–H and O–H groups in total. The van der Waals surface area contributed by atoms with E-state index in [9.17, 15) is 4.79 Å². The van der Waals surface area contributed by atoms with Gasteiger partial charge in [-0.2, -0.15) is 0 Å². The molecule has 1 rings (SSSR count). The van der Waals surface area contributed by atoms with Crippen molar-refractivity contribution < 1.29 is 42.7 Å². The van der Waals surface area contributed by atoms with E-state index in [1.54, 1.807) is 18.2 Å². The summed E-state index contributed by atoms with van der Waals surface area (Å²) in [4.78, 5) is 12.1. The van der Waals surface area contributed by atoms with Gasteiger partial charge in [0.2, 0.25) is 0 Å². The topological polar surface area (TPSA) is 103 Å². The Hall–Kier alpha value is -2.05. The highest BCUT2D eigenvalue weighted by molar-refractivity contribution is 5.89. The molecule has 0 spiro atoms. The lowest BCUT2D eigenvalue weighted by Crippen LogP contribution is -2.15. The van der Waals surface area contributed by atoms with E-state index in [1.807, 2.05) is 12.1 Å². The number of hydrogen-bond acceptors (Lipinski definition) is 10. The predicted octanol–water partition coefficient (Wildman–Crippen LogP) is 3.36. The molecule has 1 aromatic carbocycles. The zero-order chi connectivity index (χ0) is 27.4. The summed E-state index contributed by atoms with van der Waals surface area (Å²) >= 11 is 0. The van der Waals surface area contributed by atoms with Crippen LogP contribution in [0.4, 0.5) is 5.69 Å². The Kier molecular flexibility index (Phi) is 23.7. The van der Waals surface area contributed by atoms with Gasteiger partial charge < -0.3 is 43.2 Å². The monoisotopic (exact) mass is 541 g/mol. The second-order valence-corrected chi connectivity index (χ2v) is 8.03. The van der Waals surface area contributed by atoms with Crippen molar-refractivity contribution in [1.29, 1.82) is 0 Å². The first-order chi connectivity index (χ1) is 18.8. The van der Waals surface area contributed by atoms with Gasteiger partial charge in [0, 0.05) is 12.2 Å².